The van der Waals surface area contributed by atoms with E-state index < -0.39 is 6.03 Å². The number of thiophene rings is 1. The quantitative estimate of drug-likeness (QED) is 0.734. The smallest absolute Gasteiger partial charge is 0.321 e. The van der Waals surface area contributed by atoms with Gasteiger partial charge >= 0.3 is 6.03 Å². The lowest BCUT2D eigenvalue weighted by atomic mass is 10.5. The second-order valence-electron chi connectivity index (χ2n) is 3.61. The summed E-state index contributed by atoms with van der Waals surface area (Å²) in [6, 6.07) is 3.31. The van der Waals surface area contributed by atoms with Crippen molar-refractivity contribution >= 4 is 35.0 Å². The van der Waals surface area contributed by atoms with Gasteiger partial charge in [-0.05, 0) is 11.4 Å². The predicted octanol–water partition coefficient (Wildman–Crippen LogP) is 1.19. The van der Waals surface area contributed by atoms with E-state index in [9.17, 15) is 9.59 Å². The molecule has 0 radical (unpaired) electrons. The average Bonchev–Trinajstić information content (AvgIpc) is 2.86. The van der Waals surface area contributed by atoms with Gasteiger partial charge in [0.1, 0.15) is 0 Å². The first-order valence-corrected chi connectivity index (χ1v) is 7.37. The van der Waals surface area contributed by atoms with Crippen LogP contribution in [0.3, 0.4) is 0 Å². The molecule has 1 aromatic heterocycles. The second kappa shape index (κ2) is 8.12. The zero-order valence-electron chi connectivity index (χ0n) is 10.0. The predicted molar refractivity (Wildman–Crippen MR) is 73.7 cm³/mol. The van der Waals surface area contributed by atoms with Crippen molar-refractivity contribution in [3.8, 4) is 0 Å². The molecule has 0 unspecified atom stereocenters. The number of aliphatic hydroxyl groups is 1. The molecule has 0 spiro atoms. The Hall–Kier alpha value is -1.05. The molecule has 18 heavy (non-hydrogen) atoms. The third kappa shape index (κ3) is 6.04. The number of hydrogen-bond acceptors (Lipinski definition) is 5. The summed E-state index contributed by atoms with van der Waals surface area (Å²) < 4.78 is 0. The highest BCUT2D eigenvalue weighted by Gasteiger charge is 2.09. The zero-order chi connectivity index (χ0) is 13.4. The molecule has 0 aliphatic carbocycles. The minimum atomic E-state index is -0.495. The molecule has 1 aromatic rings. The van der Waals surface area contributed by atoms with E-state index in [1.807, 2.05) is 24.4 Å². The van der Waals surface area contributed by atoms with Crippen LogP contribution in [0.1, 0.15) is 11.8 Å². The normalized spacial score (nSPS) is 11.9. The van der Waals surface area contributed by atoms with Gasteiger partial charge in [0.05, 0.1) is 18.9 Å². The summed E-state index contributed by atoms with van der Waals surface area (Å²) >= 11 is 2.84. The van der Waals surface area contributed by atoms with Gasteiger partial charge in [0, 0.05) is 10.1 Å². The number of amides is 3. The number of nitrogens with one attached hydrogen (secondary N) is 2. The highest BCUT2D eigenvalue weighted by Crippen LogP contribution is 2.08. The summed E-state index contributed by atoms with van der Waals surface area (Å²) in [5, 5.41) is 15.5. The molecular formula is C11H16N2O3S2. The van der Waals surface area contributed by atoms with Crippen LogP contribution in [0.5, 0.6) is 0 Å². The molecule has 1 heterocycles. The fourth-order valence-corrected chi connectivity index (χ4v) is 2.32. The van der Waals surface area contributed by atoms with Crippen molar-refractivity contribution < 1.29 is 14.7 Å². The molecule has 5 nitrogen and oxygen atoms in total. The lowest BCUT2D eigenvalue weighted by Gasteiger charge is -2.08. The van der Waals surface area contributed by atoms with Gasteiger partial charge in [-0.15, -0.1) is 23.1 Å². The maximum atomic E-state index is 11.4. The Kier molecular flexibility index (Phi) is 6.77. The van der Waals surface area contributed by atoms with Gasteiger partial charge in [0.2, 0.25) is 5.91 Å². The first-order chi connectivity index (χ1) is 8.61. The van der Waals surface area contributed by atoms with Crippen molar-refractivity contribution in [1.29, 1.82) is 0 Å². The second-order valence-corrected chi connectivity index (χ2v) is 6.07. The van der Waals surface area contributed by atoms with E-state index in [0.717, 1.165) is 4.88 Å². The molecule has 3 N–H and O–H groups in total. The summed E-state index contributed by atoms with van der Waals surface area (Å²) in [5.41, 5.74) is 0. The third-order valence-corrected chi connectivity index (χ3v) is 4.04. The van der Waals surface area contributed by atoms with Crippen molar-refractivity contribution in [3.63, 3.8) is 0 Å². The van der Waals surface area contributed by atoms with Crippen LogP contribution in [0.2, 0.25) is 0 Å². The Morgan fingerprint density at radius 1 is 1.56 bits per heavy atom. The average molecular weight is 288 g/mol. The van der Waals surface area contributed by atoms with Crippen LogP contribution in [0.15, 0.2) is 17.5 Å². The van der Waals surface area contributed by atoms with Gasteiger partial charge in [-0.3, -0.25) is 10.1 Å². The SMILES string of the molecule is C[C@H](CO)SCC(=O)NC(=O)NCc1cccs1. The zero-order valence-corrected chi connectivity index (χ0v) is 11.6. The molecule has 0 aliphatic rings. The Morgan fingerprint density at radius 2 is 2.33 bits per heavy atom. The molecule has 0 aromatic carbocycles. The highest BCUT2D eigenvalue weighted by molar-refractivity contribution is 8.00. The number of rotatable bonds is 6. The summed E-state index contributed by atoms with van der Waals surface area (Å²) in [6.07, 6.45) is 0. The van der Waals surface area contributed by atoms with E-state index in [-0.39, 0.29) is 23.5 Å². The number of urea groups is 1. The van der Waals surface area contributed by atoms with E-state index in [4.69, 9.17) is 5.11 Å². The highest BCUT2D eigenvalue weighted by atomic mass is 32.2. The van der Waals surface area contributed by atoms with Crippen LogP contribution in [-0.2, 0) is 11.3 Å². The van der Waals surface area contributed by atoms with Gasteiger partial charge < -0.3 is 10.4 Å². The van der Waals surface area contributed by atoms with Crippen LogP contribution in [0, 0.1) is 0 Å². The van der Waals surface area contributed by atoms with Crippen molar-refractivity contribution in [2.24, 2.45) is 0 Å². The molecule has 0 fully saturated rings. The maximum absolute atomic E-state index is 11.4. The van der Waals surface area contributed by atoms with Crippen LogP contribution in [0.25, 0.3) is 0 Å². The van der Waals surface area contributed by atoms with Crippen LogP contribution in [0.4, 0.5) is 4.79 Å². The van der Waals surface area contributed by atoms with E-state index in [0.29, 0.717) is 6.54 Å². The molecule has 0 bridgehead atoms. The van der Waals surface area contributed by atoms with Gasteiger partial charge in [-0.2, -0.15) is 0 Å². The standard InChI is InChI=1S/C11H16N2O3S2/c1-8(6-14)18-7-10(15)13-11(16)12-5-9-3-2-4-17-9/h2-4,8,14H,5-7H2,1H3,(H2,12,13,15,16)/t8-/m1/s1. The molecule has 7 heteroatoms. The molecule has 3 amide bonds. The number of hydrogen-bond donors (Lipinski definition) is 3. The Morgan fingerprint density at radius 3 is 2.94 bits per heavy atom. The lowest BCUT2D eigenvalue weighted by Crippen LogP contribution is -2.40. The fraction of sp³-hybridized carbons (Fsp3) is 0.455. The van der Waals surface area contributed by atoms with Crippen LogP contribution in [-0.4, -0.2) is 34.7 Å². The summed E-state index contributed by atoms with van der Waals surface area (Å²) in [6.45, 7) is 2.24. The first-order valence-electron chi connectivity index (χ1n) is 5.44. The van der Waals surface area contributed by atoms with Crippen molar-refractivity contribution in [1.82, 2.24) is 10.6 Å². The molecule has 100 valence electrons. The number of aliphatic hydroxyl groups excluding tert-OH is 1. The van der Waals surface area contributed by atoms with Crippen molar-refractivity contribution in [2.45, 2.75) is 18.7 Å². The molecule has 0 saturated carbocycles. The van der Waals surface area contributed by atoms with E-state index in [1.165, 1.54) is 11.8 Å². The lowest BCUT2D eigenvalue weighted by molar-refractivity contribution is -0.117. The minimum absolute atomic E-state index is 0.00932. The topological polar surface area (TPSA) is 78.4 Å². The minimum Gasteiger partial charge on any atom is -0.395 e. The van der Waals surface area contributed by atoms with Gasteiger partial charge in [0.25, 0.3) is 0 Å². The summed E-state index contributed by atoms with van der Waals surface area (Å²) in [7, 11) is 0. The van der Waals surface area contributed by atoms with E-state index in [2.05, 4.69) is 10.6 Å². The number of carbonyl (C=O) groups excluding carboxylic acids is 2. The first kappa shape index (κ1) is 15.0. The number of carbonyl (C=O) groups is 2. The van der Waals surface area contributed by atoms with Crippen LogP contribution < -0.4 is 10.6 Å². The van der Waals surface area contributed by atoms with Gasteiger partial charge in [-0.1, -0.05) is 13.0 Å². The van der Waals surface area contributed by atoms with Crippen LogP contribution >= 0.6 is 23.1 Å². The molecule has 0 aliphatic heterocycles. The summed E-state index contributed by atoms with van der Waals surface area (Å²) in [4.78, 5) is 23.8. The monoisotopic (exact) mass is 288 g/mol. The largest absolute Gasteiger partial charge is 0.395 e. The van der Waals surface area contributed by atoms with E-state index >= 15 is 0 Å². The molecule has 1 atom stereocenters. The molecule has 0 saturated heterocycles. The number of imide groups is 1. The maximum Gasteiger partial charge on any atom is 0.321 e. The molecule has 1 rings (SSSR count). The van der Waals surface area contributed by atoms with Gasteiger partial charge in [0.15, 0.2) is 0 Å². The Bertz CT molecular complexity index is 382. The van der Waals surface area contributed by atoms with Crippen molar-refractivity contribution in [2.75, 3.05) is 12.4 Å². The molecular weight excluding hydrogens is 272 g/mol. The Labute approximate surface area is 114 Å². The Balaban J connectivity index is 2.17. The fourth-order valence-electron chi connectivity index (χ4n) is 1.06. The third-order valence-electron chi connectivity index (χ3n) is 2.01. The summed E-state index contributed by atoms with van der Waals surface area (Å²) in [5.74, 6) is -0.197. The number of thioether (sulfide) groups is 1. The van der Waals surface area contributed by atoms with Gasteiger partial charge in [-0.25, -0.2) is 4.79 Å². The van der Waals surface area contributed by atoms with E-state index in [1.54, 1.807) is 11.3 Å². The van der Waals surface area contributed by atoms with Crippen molar-refractivity contribution in [3.05, 3.63) is 22.4 Å².